The van der Waals surface area contributed by atoms with Crippen molar-refractivity contribution in [2.45, 2.75) is 25.4 Å². The summed E-state index contributed by atoms with van der Waals surface area (Å²) in [4.78, 5) is 27.0. The minimum absolute atomic E-state index is 0.0414. The van der Waals surface area contributed by atoms with Crippen LogP contribution in [-0.4, -0.2) is 35.5 Å². The van der Waals surface area contributed by atoms with Crippen LogP contribution < -0.4 is 10.6 Å². The van der Waals surface area contributed by atoms with Gasteiger partial charge in [-0.05, 0) is 31.2 Å². The lowest BCUT2D eigenvalue weighted by Crippen LogP contribution is -2.62. The molecule has 25 heavy (non-hydrogen) atoms. The highest BCUT2D eigenvalue weighted by Crippen LogP contribution is 2.32. The molecule has 0 radical (unpaired) electrons. The van der Waals surface area contributed by atoms with Crippen molar-refractivity contribution in [1.82, 2.24) is 10.2 Å². The number of carbonyl (C=O) groups is 2. The van der Waals surface area contributed by atoms with Crippen LogP contribution in [0.4, 0.5) is 5.69 Å². The van der Waals surface area contributed by atoms with Crippen molar-refractivity contribution < 1.29 is 9.59 Å². The number of piperidine rings is 1. The Balaban J connectivity index is 1.49. The van der Waals surface area contributed by atoms with E-state index in [-0.39, 0.29) is 11.8 Å². The highest BCUT2D eigenvalue weighted by Gasteiger charge is 2.41. The van der Waals surface area contributed by atoms with Crippen molar-refractivity contribution in [3.05, 3.63) is 65.2 Å². The molecule has 0 aromatic heterocycles. The predicted molar refractivity (Wildman–Crippen MR) is 96.6 cm³/mol. The summed E-state index contributed by atoms with van der Waals surface area (Å²) < 4.78 is 0. The summed E-state index contributed by atoms with van der Waals surface area (Å²) in [6.45, 7) is 3.20. The quantitative estimate of drug-likeness (QED) is 0.842. The number of hydrogen-bond donors (Lipinski definition) is 2. The normalized spacial score (nSPS) is 18.3. The first-order chi connectivity index (χ1) is 12.1. The first-order valence-corrected chi connectivity index (χ1v) is 8.62. The summed E-state index contributed by atoms with van der Waals surface area (Å²) in [7, 11) is 0. The van der Waals surface area contributed by atoms with E-state index in [1.54, 1.807) is 0 Å². The van der Waals surface area contributed by atoms with Crippen molar-refractivity contribution in [2.75, 3.05) is 18.4 Å². The standard InChI is InChI=1S/C20H21N3O2/c1-14-7-8-17-16(13-14)18(24)22-20(21-17)9-11-23(12-10-20)19(25)15-5-3-2-4-6-15/h2-8,13,21H,9-12H2,1H3,(H,22,24). The highest BCUT2D eigenvalue weighted by molar-refractivity contribution is 6.02. The second kappa shape index (κ2) is 5.92. The van der Waals surface area contributed by atoms with Crippen LogP contribution in [0.1, 0.15) is 39.1 Å². The van der Waals surface area contributed by atoms with Crippen LogP contribution in [0.3, 0.4) is 0 Å². The van der Waals surface area contributed by atoms with Crippen molar-refractivity contribution in [3.8, 4) is 0 Å². The maximum absolute atomic E-state index is 12.6. The number of likely N-dealkylation sites (tertiary alicyclic amines) is 1. The fraction of sp³-hybridized carbons (Fsp3) is 0.300. The van der Waals surface area contributed by atoms with Gasteiger partial charge in [-0.25, -0.2) is 0 Å². The van der Waals surface area contributed by atoms with E-state index in [0.717, 1.165) is 11.3 Å². The minimum Gasteiger partial charge on any atom is -0.362 e. The van der Waals surface area contributed by atoms with Gasteiger partial charge in [-0.15, -0.1) is 0 Å². The number of fused-ring (bicyclic) bond motifs is 1. The topological polar surface area (TPSA) is 61.4 Å². The zero-order chi connectivity index (χ0) is 17.4. The molecule has 128 valence electrons. The Morgan fingerprint density at radius 1 is 1.04 bits per heavy atom. The Kier molecular flexibility index (Phi) is 3.71. The van der Waals surface area contributed by atoms with Gasteiger partial charge in [0, 0.05) is 37.2 Å². The van der Waals surface area contributed by atoms with E-state index in [1.807, 2.05) is 60.4 Å². The van der Waals surface area contributed by atoms with Gasteiger partial charge in [-0.3, -0.25) is 9.59 Å². The first kappa shape index (κ1) is 15.7. The van der Waals surface area contributed by atoms with Gasteiger partial charge in [0.1, 0.15) is 5.66 Å². The summed E-state index contributed by atoms with van der Waals surface area (Å²) >= 11 is 0. The van der Waals surface area contributed by atoms with Crippen LogP contribution in [-0.2, 0) is 0 Å². The van der Waals surface area contributed by atoms with E-state index in [9.17, 15) is 9.59 Å². The third-order valence-electron chi connectivity index (χ3n) is 5.07. The molecular weight excluding hydrogens is 314 g/mol. The number of benzene rings is 2. The molecule has 0 unspecified atom stereocenters. The molecule has 2 aromatic rings. The third-order valence-corrected chi connectivity index (χ3v) is 5.07. The lowest BCUT2D eigenvalue weighted by atomic mass is 9.91. The van der Waals surface area contributed by atoms with E-state index >= 15 is 0 Å². The zero-order valence-corrected chi connectivity index (χ0v) is 14.2. The monoisotopic (exact) mass is 335 g/mol. The molecule has 2 aliphatic rings. The number of aryl methyl sites for hydroxylation is 1. The summed E-state index contributed by atoms with van der Waals surface area (Å²) in [6, 6.07) is 15.2. The van der Waals surface area contributed by atoms with E-state index in [2.05, 4.69) is 10.6 Å². The molecular formula is C20H21N3O2. The molecule has 1 saturated heterocycles. The fourth-order valence-corrected chi connectivity index (χ4v) is 3.63. The molecule has 5 nitrogen and oxygen atoms in total. The van der Waals surface area contributed by atoms with Gasteiger partial charge >= 0.3 is 0 Å². The molecule has 5 heteroatoms. The number of rotatable bonds is 1. The van der Waals surface area contributed by atoms with Gasteiger partial charge in [-0.1, -0.05) is 29.8 Å². The third kappa shape index (κ3) is 2.86. The molecule has 0 saturated carbocycles. The van der Waals surface area contributed by atoms with Crippen molar-refractivity contribution in [2.24, 2.45) is 0 Å². The predicted octanol–water partition coefficient (Wildman–Crippen LogP) is 2.78. The Morgan fingerprint density at radius 2 is 1.76 bits per heavy atom. The Hall–Kier alpha value is -2.82. The lowest BCUT2D eigenvalue weighted by Gasteiger charge is -2.46. The van der Waals surface area contributed by atoms with Crippen LogP contribution in [0.5, 0.6) is 0 Å². The summed E-state index contributed by atoms with van der Waals surface area (Å²) in [5.41, 5.74) is 2.87. The number of hydrogen-bond acceptors (Lipinski definition) is 3. The van der Waals surface area contributed by atoms with E-state index in [0.29, 0.717) is 37.1 Å². The van der Waals surface area contributed by atoms with E-state index < -0.39 is 5.66 Å². The van der Waals surface area contributed by atoms with Crippen molar-refractivity contribution >= 4 is 17.5 Å². The highest BCUT2D eigenvalue weighted by atomic mass is 16.2. The number of carbonyl (C=O) groups excluding carboxylic acids is 2. The Labute approximate surface area is 147 Å². The van der Waals surface area contributed by atoms with Crippen LogP contribution >= 0.6 is 0 Å². The molecule has 1 spiro atoms. The summed E-state index contributed by atoms with van der Waals surface area (Å²) in [5.74, 6) is 0.00824. The Morgan fingerprint density at radius 3 is 2.48 bits per heavy atom. The number of anilines is 1. The molecule has 4 rings (SSSR count). The fourth-order valence-electron chi connectivity index (χ4n) is 3.63. The molecule has 1 fully saturated rings. The smallest absolute Gasteiger partial charge is 0.255 e. The van der Waals surface area contributed by atoms with Crippen molar-refractivity contribution in [3.63, 3.8) is 0 Å². The largest absolute Gasteiger partial charge is 0.362 e. The van der Waals surface area contributed by atoms with Crippen LogP contribution in [0.25, 0.3) is 0 Å². The average Bonchev–Trinajstić information content (AvgIpc) is 2.63. The minimum atomic E-state index is -0.465. The first-order valence-electron chi connectivity index (χ1n) is 8.62. The SMILES string of the molecule is Cc1ccc2c(c1)C(=O)NC1(CCN(C(=O)c3ccccc3)CC1)N2. The van der Waals surface area contributed by atoms with Crippen LogP contribution in [0.2, 0.25) is 0 Å². The molecule has 0 aliphatic carbocycles. The van der Waals surface area contributed by atoms with Gasteiger partial charge in [0.15, 0.2) is 0 Å². The van der Waals surface area contributed by atoms with Gasteiger partial charge in [0.25, 0.3) is 11.8 Å². The molecule has 2 heterocycles. The van der Waals surface area contributed by atoms with Gasteiger partial charge < -0.3 is 15.5 Å². The summed E-state index contributed by atoms with van der Waals surface area (Å²) in [6.07, 6.45) is 1.37. The van der Waals surface area contributed by atoms with Gasteiger partial charge in [0.05, 0.1) is 5.56 Å². The molecule has 0 bridgehead atoms. The van der Waals surface area contributed by atoms with Crippen LogP contribution in [0, 0.1) is 6.92 Å². The number of amides is 2. The van der Waals surface area contributed by atoms with Gasteiger partial charge in [-0.2, -0.15) is 0 Å². The van der Waals surface area contributed by atoms with E-state index in [1.165, 1.54) is 0 Å². The summed E-state index contributed by atoms with van der Waals surface area (Å²) in [5, 5.41) is 6.63. The molecule has 2 aliphatic heterocycles. The lowest BCUT2D eigenvalue weighted by molar-refractivity contribution is 0.0639. The maximum Gasteiger partial charge on any atom is 0.255 e. The van der Waals surface area contributed by atoms with E-state index in [4.69, 9.17) is 0 Å². The zero-order valence-electron chi connectivity index (χ0n) is 14.2. The van der Waals surface area contributed by atoms with Crippen LogP contribution in [0.15, 0.2) is 48.5 Å². The van der Waals surface area contributed by atoms with Crippen molar-refractivity contribution in [1.29, 1.82) is 0 Å². The molecule has 0 atom stereocenters. The average molecular weight is 335 g/mol. The van der Waals surface area contributed by atoms with Gasteiger partial charge in [0.2, 0.25) is 0 Å². The molecule has 2 amide bonds. The molecule has 2 aromatic carbocycles. The number of nitrogens with zero attached hydrogens (tertiary/aromatic N) is 1. The number of nitrogens with one attached hydrogen (secondary N) is 2. The second-order valence-corrected chi connectivity index (χ2v) is 6.87. The Bertz CT molecular complexity index is 824. The molecule has 2 N–H and O–H groups in total. The second-order valence-electron chi connectivity index (χ2n) is 6.87. The maximum atomic E-state index is 12.6.